The Labute approximate surface area is 114 Å². The zero-order valence-electron chi connectivity index (χ0n) is 11.6. The molecule has 1 saturated heterocycles. The molecule has 0 aromatic rings. The van der Waals surface area contributed by atoms with Crippen molar-refractivity contribution in [3.63, 3.8) is 0 Å². The van der Waals surface area contributed by atoms with Crippen molar-refractivity contribution in [1.29, 1.82) is 0 Å². The molecule has 2 rings (SSSR count). The minimum atomic E-state index is -0.766. The molecule has 2 aliphatic rings. The molecule has 2 fully saturated rings. The molecule has 1 aliphatic carbocycles. The van der Waals surface area contributed by atoms with Crippen molar-refractivity contribution in [3.8, 4) is 0 Å². The maximum Gasteiger partial charge on any atom is 0.303 e. The minimum absolute atomic E-state index is 0.0455. The second kappa shape index (κ2) is 5.49. The standard InChI is InChI=1S/C14H24N2O3/c1-2-14(7-4-8-16-14)12(19)15-10-13(5-3-6-13)9-11(17)18/h16H,2-10H2,1H3,(H,15,19)(H,17,18). The number of hydrogen-bond acceptors (Lipinski definition) is 3. The lowest BCUT2D eigenvalue weighted by Crippen LogP contribution is -2.55. The number of carboxylic acids is 1. The van der Waals surface area contributed by atoms with E-state index in [9.17, 15) is 9.59 Å². The molecule has 1 saturated carbocycles. The smallest absolute Gasteiger partial charge is 0.303 e. The first-order valence-electron chi connectivity index (χ1n) is 7.27. The van der Waals surface area contributed by atoms with Gasteiger partial charge in [-0.25, -0.2) is 0 Å². The molecule has 1 heterocycles. The number of amides is 1. The molecule has 5 heteroatoms. The molecular formula is C14H24N2O3. The number of nitrogens with one attached hydrogen (secondary N) is 2. The van der Waals surface area contributed by atoms with Crippen LogP contribution in [0, 0.1) is 5.41 Å². The average molecular weight is 268 g/mol. The molecule has 0 aromatic heterocycles. The number of rotatable bonds is 6. The first-order valence-corrected chi connectivity index (χ1v) is 7.27. The van der Waals surface area contributed by atoms with Crippen LogP contribution in [0.4, 0.5) is 0 Å². The van der Waals surface area contributed by atoms with Gasteiger partial charge in [0.2, 0.25) is 5.91 Å². The third-order valence-electron chi connectivity index (χ3n) is 4.85. The van der Waals surface area contributed by atoms with E-state index in [4.69, 9.17) is 5.11 Å². The fourth-order valence-corrected chi connectivity index (χ4v) is 3.31. The van der Waals surface area contributed by atoms with Crippen molar-refractivity contribution < 1.29 is 14.7 Å². The highest BCUT2D eigenvalue weighted by molar-refractivity contribution is 5.86. The van der Waals surface area contributed by atoms with Gasteiger partial charge in [0.05, 0.1) is 12.0 Å². The Morgan fingerprint density at radius 3 is 2.42 bits per heavy atom. The molecule has 19 heavy (non-hydrogen) atoms. The van der Waals surface area contributed by atoms with Crippen LogP contribution >= 0.6 is 0 Å². The van der Waals surface area contributed by atoms with Gasteiger partial charge in [-0.2, -0.15) is 0 Å². The number of carboxylic acid groups (broad SMARTS) is 1. The van der Waals surface area contributed by atoms with Crippen molar-refractivity contribution in [2.24, 2.45) is 5.41 Å². The zero-order valence-corrected chi connectivity index (χ0v) is 11.6. The van der Waals surface area contributed by atoms with E-state index < -0.39 is 11.5 Å². The molecule has 5 nitrogen and oxygen atoms in total. The van der Waals surface area contributed by atoms with Crippen molar-refractivity contribution in [2.75, 3.05) is 13.1 Å². The Bertz CT molecular complexity index is 358. The fourth-order valence-electron chi connectivity index (χ4n) is 3.31. The summed E-state index contributed by atoms with van der Waals surface area (Å²) in [5, 5.41) is 15.3. The lowest BCUT2D eigenvalue weighted by Gasteiger charge is -2.41. The summed E-state index contributed by atoms with van der Waals surface area (Å²) in [6, 6.07) is 0. The summed E-state index contributed by atoms with van der Waals surface area (Å²) < 4.78 is 0. The summed E-state index contributed by atoms with van der Waals surface area (Å²) in [5.74, 6) is -0.720. The fraction of sp³-hybridized carbons (Fsp3) is 0.857. The second-order valence-corrected chi connectivity index (χ2v) is 6.07. The van der Waals surface area contributed by atoms with Crippen molar-refractivity contribution in [2.45, 2.75) is 57.4 Å². The maximum absolute atomic E-state index is 12.3. The van der Waals surface area contributed by atoms with Crippen molar-refractivity contribution >= 4 is 11.9 Å². The summed E-state index contributed by atoms with van der Waals surface area (Å²) >= 11 is 0. The highest BCUT2D eigenvalue weighted by atomic mass is 16.4. The van der Waals surface area contributed by atoms with E-state index in [-0.39, 0.29) is 17.7 Å². The van der Waals surface area contributed by atoms with Crippen molar-refractivity contribution in [1.82, 2.24) is 10.6 Å². The van der Waals surface area contributed by atoms with E-state index in [0.29, 0.717) is 6.54 Å². The van der Waals surface area contributed by atoms with Crippen LogP contribution in [0.5, 0.6) is 0 Å². The van der Waals surface area contributed by atoms with E-state index in [1.54, 1.807) is 0 Å². The van der Waals surface area contributed by atoms with Gasteiger partial charge in [0.25, 0.3) is 0 Å². The van der Waals surface area contributed by atoms with Crippen molar-refractivity contribution in [3.05, 3.63) is 0 Å². The normalized spacial score (nSPS) is 28.7. The second-order valence-electron chi connectivity index (χ2n) is 6.07. The van der Waals surface area contributed by atoms with Crippen LogP contribution in [-0.4, -0.2) is 35.6 Å². The van der Waals surface area contributed by atoms with Crippen LogP contribution in [0.25, 0.3) is 0 Å². The van der Waals surface area contributed by atoms with Crippen LogP contribution in [0.2, 0.25) is 0 Å². The Hall–Kier alpha value is -1.10. The van der Waals surface area contributed by atoms with Gasteiger partial charge in [0, 0.05) is 6.54 Å². The largest absolute Gasteiger partial charge is 0.481 e. The lowest BCUT2D eigenvalue weighted by atomic mass is 9.66. The molecule has 0 aromatic carbocycles. The summed E-state index contributed by atoms with van der Waals surface area (Å²) in [7, 11) is 0. The monoisotopic (exact) mass is 268 g/mol. The summed E-state index contributed by atoms with van der Waals surface area (Å²) in [5.41, 5.74) is -0.622. The average Bonchev–Trinajstić information content (AvgIpc) is 2.81. The van der Waals surface area contributed by atoms with Gasteiger partial charge in [-0.1, -0.05) is 13.3 Å². The van der Waals surface area contributed by atoms with Crippen LogP contribution in [0.1, 0.15) is 51.9 Å². The predicted octanol–water partition coefficient (Wildman–Crippen LogP) is 1.28. The van der Waals surface area contributed by atoms with E-state index in [1.807, 2.05) is 6.92 Å². The van der Waals surface area contributed by atoms with Gasteiger partial charge < -0.3 is 15.7 Å². The van der Waals surface area contributed by atoms with Crippen LogP contribution in [0.15, 0.2) is 0 Å². The van der Waals surface area contributed by atoms with Crippen LogP contribution < -0.4 is 10.6 Å². The van der Waals surface area contributed by atoms with E-state index in [1.165, 1.54) is 0 Å². The van der Waals surface area contributed by atoms with Gasteiger partial charge in [-0.05, 0) is 44.1 Å². The minimum Gasteiger partial charge on any atom is -0.481 e. The number of hydrogen-bond donors (Lipinski definition) is 3. The maximum atomic E-state index is 12.3. The highest BCUT2D eigenvalue weighted by Crippen LogP contribution is 2.43. The zero-order chi connectivity index (χ0) is 13.9. The Morgan fingerprint density at radius 1 is 1.26 bits per heavy atom. The van der Waals surface area contributed by atoms with Crippen LogP contribution in [0.3, 0.4) is 0 Å². The molecule has 1 aliphatic heterocycles. The van der Waals surface area contributed by atoms with Gasteiger partial charge in [-0.15, -0.1) is 0 Å². The SMILES string of the molecule is CCC1(C(=O)NCC2(CC(=O)O)CCC2)CCCN1. The molecule has 1 unspecified atom stereocenters. The molecule has 0 spiro atoms. The predicted molar refractivity (Wildman–Crippen MR) is 71.8 cm³/mol. The molecule has 1 amide bonds. The van der Waals surface area contributed by atoms with E-state index >= 15 is 0 Å². The van der Waals surface area contributed by atoms with Crippen LogP contribution in [-0.2, 0) is 9.59 Å². The Morgan fingerprint density at radius 2 is 2.00 bits per heavy atom. The molecule has 0 radical (unpaired) electrons. The summed E-state index contributed by atoms with van der Waals surface area (Å²) in [6.07, 6.45) is 5.74. The first-order chi connectivity index (χ1) is 9.02. The lowest BCUT2D eigenvalue weighted by molar-refractivity contribution is -0.142. The molecule has 1 atom stereocenters. The molecular weight excluding hydrogens is 244 g/mol. The summed E-state index contributed by atoms with van der Waals surface area (Å²) in [6.45, 7) is 3.41. The molecule has 108 valence electrons. The number of carbonyl (C=O) groups is 2. The Kier molecular flexibility index (Phi) is 4.13. The molecule has 0 bridgehead atoms. The van der Waals surface area contributed by atoms with E-state index in [0.717, 1.165) is 45.1 Å². The molecule has 3 N–H and O–H groups in total. The third-order valence-corrected chi connectivity index (χ3v) is 4.85. The first kappa shape index (κ1) is 14.3. The summed E-state index contributed by atoms with van der Waals surface area (Å²) in [4.78, 5) is 23.3. The highest BCUT2D eigenvalue weighted by Gasteiger charge is 2.43. The number of aliphatic carboxylic acids is 1. The van der Waals surface area contributed by atoms with Gasteiger partial charge in [0.15, 0.2) is 0 Å². The Balaban J connectivity index is 1.90. The number of carbonyl (C=O) groups excluding carboxylic acids is 1. The van der Waals surface area contributed by atoms with Gasteiger partial charge in [-0.3, -0.25) is 9.59 Å². The van der Waals surface area contributed by atoms with E-state index in [2.05, 4.69) is 10.6 Å². The van der Waals surface area contributed by atoms with Gasteiger partial charge in [0.1, 0.15) is 0 Å². The third kappa shape index (κ3) is 2.91. The van der Waals surface area contributed by atoms with Gasteiger partial charge >= 0.3 is 5.97 Å². The quantitative estimate of drug-likeness (QED) is 0.678. The topological polar surface area (TPSA) is 78.4 Å².